The number of nitrogens with zero attached hydrogens (tertiary/aromatic N) is 4. The fourth-order valence-corrected chi connectivity index (χ4v) is 3.35. The number of nitro groups is 1. The minimum Gasteiger partial charge on any atom is -0.343 e. The Kier molecular flexibility index (Phi) is 6.30. The first-order chi connectivity index (χ1) is 11.4. The van der Waals surface area contributed by atoms with Gasteiger partial charge >= 0.3 is 5.69 Å². The summed E-state index contributed by atoms with van der Waals surface area (Å²) in [6, 6.07) is 0. The van der Waals surface area contributed by atoms with Gasteiger partial charge in [-0.3, -0.25) is 19.6 Å². The molecule has 1 aromatic heterocycles. The van der Waals surface area contributed by atoms with Crippen LogP contribution in [0.25, 0.3) is 0 Å². The summed E-state index contributed by atoms with van der Waals surface area (Å²) in [6.45, 7) is 6.33. The Morgan fingerprint density at radius 2 is 2.04 bits per heavy atom. The molecule has 0 atom stereocenters. The standard InChI is InChI=1S/C16H27N5O3/c1-12-16(21(23)24)13(2)20(18-12)11-7-15(22)19-9-5-14(6-10-19)4-8-17-3/h14,17H,4-11H2,1-3H3. The molecule has 24 heavy (non-hydrogen) atoms. The summed E-state index contributed by atoms with van der Waals surface area (Å²) in [5.74, 6) is 0.803. The summed E-state index contributed by atoms with van der Waals surface area (Å²) in [5, 5.41) is 18.4. The number of piperidine rings is 1. The fourth-order valence-electron chi connectivity index (χ4n) is 3.35. The van der Waals surface area contributed by atoms with Gasteiger partial charge < -0.3 is 10.2 Å². The number of amides is 1. The molecule has 2 heterocycles. The van der Waals surface area contributed by atoms with Crippen molar-refractivity contribution in [3.8, 4) is 0 Å². The van der Waals surface area contributed by atoms with Gasteiger partial charge in [0, 0.05) is 19.5 Å². The maximum absolute atomic E-state index is 12.4. The number of likely N-dealkylation sites (tertiary alicyclic amines) is 1. The molecule has 8 nitrogen and oxygen atoms in total. The van der Waals surface area contributed by atoms with E-state index in [2.05, 4.69) is 10.4 Å². The van der Waals surface area contributed by atoms with Crippen LogP contribution in [0.15, 0.2) is 0 Å². The van der Waals surface area contributed by atoms with Crippen LogP contribution in [0.4, 0.5) is 5.69 Å². The monoisotopic (exact) mass is 337 g/mol. The Bertz CT molecular complexity index is 591. The largest absolute Gasteiger partial charge is 0.343 e. The second-order valence-corrected chi connectivity index (χ2v) is 6.47. The Hall–Kier alpha value is -1.96. The zero-order valence-electron chi connectivity index (χ0n) is 14.7. The molecule has 1 amide bonds. The van der Waals surface area contributed by atoms with Crippen LogP contribution in [-0.2, 0) is 11.3 Å². The van der Waals surface area contributed by atoms with Crippen LogP contribution < -0.4 is 5.32 Å². The minimum absolute atomic E-state index is 0.0489. The highest BCUT2D eigenvalue weighted by Crippen LogP contribution is 2.23. The Morgan fingerprint density at radius 3 is 2.58 bits per heavy atom. The predicted octanol–water partition coefficient (Wildman–Crippen LogP) is 1.65. The quantitative estimate of drug-likeness (QED) is 0.603. The SMILES string of the molecule is CNCCC1CCN(C(=O)CCn2nc(C)c([N+](=O)[O-])c2C)CC1. The summed E-state index contributed by atoms with van der Waals surface area (Å²) in [5.41, 5.74) is 0.958. The molecule has 1 aliphatic rings. The molecule has 0 saturated carbocycles. The number of carbonyl (C=O) groups excluding carboxylic acids is 1. The van der Waals surface area contributed by atoms with E-state index in [4.69, 9.17) is 0 Å². The summed E-state index contributed by atoms with van der Waals surface area (Å²) in [4.78, 5) is 24.9. The third-order valence-electron chi connectivity index (χ3n) is 4.83. The van der Waals surface area contributed by atoms with Gasteiger partial charge in [-0.1, -0.05) is 0 Å². The van der Waals surface area contributed by atoms with Gasteiger partial charge in [-0.15, -0.1) is 0 Å². The second-order valence-electron chi connectivity index (χ2n) is 6.47. The first kappa shape index (κ1) is 18.4. The van der Waals surface area contributed by atoms with E-state index in [1.807, 2.05) is 11.9 Å². The molecule has 0 spiro atoms. The van der Waals surface area contributed by atoms with Crippen LogP contribution in [0.5, 0.6) is 0 Å². The molecule has 0 radical (unpaired) electrons. The molecule has 0 bridgehead atoms. The minimum atomic E-state index is -0.411. The number of carbonyl (C=O) groups is 1. The average Bonchev–Trinajstić information content (AvgIpc) is 2.85. The molecule has 0 unspecified atom stereocenters. The lowest BCUT2D eigenvalue weighted by atomic mass is 9.93. The van der Waals surface area contributed by atoms with Crippen molar-refractivity contribution in [2.24, 2.45) is 5.92 Å². The molecule has 1 aromatic rings. The van der Waals surface area contributed by atoms with Crippen molar-refractivity contribution in [1.82, 2.24) is 20.0 Å². The van der Waals surface area contributed by atoms with Crippen LogP contribution in [0.1, 0.15) is 37.1 Å². The first-order valence-corrected chi connectivity index (χ1v) is 8.54. The van der Waals surface area contributed by atoms with Gasteiger partial charge in [-0.2, -0.15) is 5.10 Å². The lowest BCUT2D eigenvalue weighted by Crippen LogP contribution is -2.39. The molecule has 8 heteroatoms. The highest BCUT2D eigenvalue weighted by Gasteiger charge is 2.24. The molecule has 1 saturated heterocycles. The number of aromatic nitrogens is 2. The zero-order chi connectivity index (χ0) is 17.7. The van der Waals surface area contributed by atoms with E-state index in [1.165, 1.54) is 0 Å². The first-order valence-electron chi connectivity index (χ1n) is 8.54. The van der Waals surface area contributed by atoms with Crippen LogP contribution in [-0.4, -0.2) is 52.2 Å². The van der Waals surface area contributed by atoms with Crippen molar-refractivity contribution in [3.05, 3.63) is 21.5 Å². The number of rotatable bonds is 7. The maximum atomic E-state index is 12.4. The van der Waals surface area contributed by atoms with E-state index in [9.17, 15) is 14.9 Å². The van der Waals surface area contributed by atoms with Gasteiger partial charge in [-0.25, -0.2) is 0 Å². The van der Waals surface area contributed by atoms with Crippen LogP contribution in [0.2, 0.25) is 0 Å². The van der Waals surface area contributed by atoms with E-state index < -0.39 is 4.92 Å². The highest BCUT2D eigenvalue weighted by molar-refractivity contribution is 5.76. The molecule has 0 aromatic carbocycles. The third-order valence-corrected chi connectivity index (χ3v) is 4.83. The summed E-state index contributed by atoms with van der Waals surface area (Å²) in [7, 11) is 1.96. The summed E-state index contributed by atoms with van der Waals surface area (Å²) in [6.07, 6.45) is 3.60. The molecule has 0 aliphatic carbocycles. The lowest BCUT2D eigenvalue weighted by molar-refractivity contribution is -0.386. The molecule has 1 aliphatic heterocycles. The van der Waals surface area contributed by atoms with Gasteiger partial charge in [0.25, 0.3) is 0 Å². The van der Waals surface area contributed by atoms with Gasteiger partial charge in [0.2, 0.25) is 5.91 Å². The summed E-state index contributed by atoms with van der Waals surface area (Å²) >= 11 is 0. The number of aryl methyl sites for hydroxylation is 2. The molecule has 1 N–H and O–H groups in total. The zero-order valence-corrected chi connectivity index (χ0v) is 14.7. The number of hydrogen-bond donors (Lipinski definition) is 1. The Morgan fingerprint density at radius 1 is 1.38 bits per heavy atom. The normalized spacial score (nSPS) is 15.7. The maximum Gasteiger partial charge on any atom is 0.312 e. The van der Waals surface area contributed by atoms with Crippen LogP contribution in [0, 0.1) is 29.9 Å². The van der Waals surface area contributed by atoms with Crippen molar-refractivity contribution in [2.75, 3.05) is 26.7 Å². The van der Waals surface area contributed by atoms with E-state index in [0.29, 0.717) is 30.3 Å². The summed E-state index contributed by atoms with van der Waals surface area (Å²) < 4.78 is 1.57. The van der Waals surface area contributed by atoms with Crippen molar-refractivity contribution in [1.29, 1.82) is 0 Å². The van der Waals surface area contributed by atoms with Crippen LogP contribution >= 0.6 is 0 Å². The van der Waals surface area contributed by atoms with Crippen LogP contribution in [0.3, 0.4) is 0 Å². The Balaban J connectivity index is 1.84. The second kappa shape index (κ2) is 8.23. The topological polar surface area (TPSA) is 93.3 Å². The molecule has 134 valence electrons. The van der Waals surface area contributed by atoms with Gasteiger partial charge in [0.15, 0.2) is 0 Å². The fraction of sp³-hybridized carbons (Fsp3) is 0.750. The number of nitrogens with one attached hydrogen (secondary N) is 1. The third kappa shape index (κ3) is 4.31. The van der Waals surface area contributed by atoms with E-state index in [1.54, 1.807) is 18.5 Å². The molecule has 2 rings (SSSR count). The molecular formula is C16H27N5O3. The number of hydrogen-bond acceptors (Lipinski definition) is 5. The van der Waals surface area contributed by atoms with E-state index >= 15 is 0 Å². The van der Waals surface area contributed by atoms with Crippen molar-refractivity contribution < 1.29 is 9.72 Å². The van der Waals surface area contributed by atoms with Crippen molar-refractivity contribution in [2.45, 2.75) is 46.1 Å². The Labute approximate surface area is 142 Å². The van der Waals surface area contributed by atoms with Gasteiger partial charge in [0.1, 0.15) is 11.4 Å². The van der Waals surface area contributed by atoms with E-state index in [0.717, 1.165) is 38.9 Å². The molecular weight excluding hydrogens is 310 g/mol. The van der Waals surface area contributed by atoms with Crippen molar-refractivity contribution in [3.63, 3.8) is 0 Å². The smallest absolute Gasteiger partial charge is 0.312 e. The molecule has 1 fully saturated rings. The van der Waals surface area contributed by atoms with E-state index in [-0.39, 0.29) is 11.6 Å². The lowest BCUT2D eigenvalue weighted by Gasteiger charge is -2.32. The highest BCUT2D eigenvalue weighted by atomic mass is 16.6. The van der Waals surface area contributed by atoms with Gasteiger partial charge in [0.05, 0.1) is 11.5 Å². The average molecular weight is 337 g/mol. The van der Waals surface area contributed by atoms with Crippen molar-refractivity contribution >= 4 is 11.6 Å². The predicted molar refractivity (Wildman–Crippen MR) is 90.8 cm³/mol. The van der Waals surface area contributed by atoms with Gasteiger partial charge in [-0.05, 0) is 52.6 Å².